The standard InChI is InChI=1S/C17H18N2O4S/c1-11-8-15(16(19(21)22)9-12(11)2)18-17(20)10-24-14-6-4-13(23-3)5-7-14/h4-9H,10H2,1-3H3,(H,18,20). The number of benzene rings is 2. The van der Waals surface area contributed by atoms with Gasteiger partial charge in [-0.1, -0.05) is 0 Å². The van der Waals surface area contributed by atoms with E-state index in [4.69, 9.17) is 4.74 Å². The first-order valence-electron chi connectivity index (χ1n) is 7.23. The summed E-state index contributed by atoms with van der Waals surface area (Å²) in [5, 5.41) is 13.8. The van der Waals surface area contributed by atoms with Gasteiger partial charge in [0.2, 0.25) is 5.91 Å². The van der Waals surface area contributed by atoms with Gasteiger partial charge in [-0.2, -0.15) is 0 Å². The van der Waals surface area contributed by atoms with Gasteiger partial charge in [0, 0.05) is 11.0 Å². The van der Waals surface area contributed by atoms with Crippen molar-refractivity contribution in [1.29, 1.82) is 0 Å². The summed E-state index contributed by atoms with van der Waals surface area (Å²) in [5.74, 6) is 0.618. The highest BCUT2D eigenvalue weighted by Crippen LogP contribution is 2.28. The number of nitro groups is 1. The van der Waals surface area contributed by atoms with Crippen molar-refractivity contribution in [2.45, 2.75) is 18.7 Å². The second kappa shape index (κ2) is 7.83. The minimum Gasteiger partial charge on any atom is -0.497 e. The van der Waals surface area contributed by atoms with E-state index in [0.717, 1.165) is 21.8 Å². The van der Waals surface area contributed by atoms with E-state index in [1.165, 1.54) is 17.8 Å². The molecule has 0 atom stereocenters. The maximum atomic E-state index is 12.1. The summed E-state index contributed by atoms with van der Waals surface area (Å²) in [6, 6.07) is 10.4. The zero-order valence-corrected chi connectivity index (χ0v) is 14.5. The maximum absolute atomic E-state index is 12.1. The average Bonchev–Trinajstić information content (AvgIpc) is 2.56. The van der Waals surface area contributed by atoms with Gasteiger partial charge in [-0.15, -0.1) is 11.8 Å². The van der Waals surface area contributed by atoms with Crippen LogP contribution < -0.4 is 10.1 Å². The van der Waals surface area contributed by atoms with E-state index >= 15 is 0 Å². The molecule has 0 bridgehead atoms. The third-order valence-electron chi connectivity index (χ3n) is 3.51. The van der Waals surface area contributed by atoms with Crippen molar-refractivity contribution in [2.75, 3.05) is 18.2 Å². The number of nitro benzene ring substituents is 1. The number of nitrogens with one attached hydrogen (secondary N) is 1. The molecule has 0 aliphatic heterocycles. The molecule has 6 nitrogen and oxygen atoms in total. The van der Waals surface area contributed by atoms with Gasteiger partial charge >= 0.3 is 0 Å². The molecular weight excluding hydrogens is 328 g/mol. The predicted molar refractivity (Wildman–Crippen MR) is 94.9 cm³/mol. The Morgan fingerprint density at radius 2 is 1.83 bits per heavy atom. The number of hydrogen-bond acceptors (Lipinski definition) is 5. The molecule has 1 N–H and O–H groups in total. The smallest absolute Gasteiger partial charge is 0.293 e. The molecule has 0 heterocycles. The van der Waals surface area contributed by atoms with Gasteiger partial charge in [0.25, 0.3) is 5.69 Å². The summed E-state index contributed by atoms with van der Waals surface area (Å²) < 4.78 is 5.08. The van der Waals surface area contributed by atoms with Gasteiger partial charge in [0.15, 0.2) is 0 Å². The molecule has 0 unspecified atom stereocenters. The Bertz CT molecular complexity index is 760. The van der Waals surface area contributed by atoms with Crippen molar-refractivity contribution in [1.82, 2.24) is 0 Å². The van der Waals surface area contributed by atoms with Crippen LogP contribution in [0, 0.1) is 24.0 Å². The summed E-state index contributed by atoms with van der Waals surface area (Å²) in [7, 11) is 1.59. The van der Waals surface area contributed by atoms with E-state index in [0.29, 0.717) is 0 Å². The highest BCUT2D eigenvalue weighted by molar-refractivity contribution is 8.00. The summed E-state index contributed by atoms with van der Waals surface area (Å²) in [6.07, 6.45) is 0. The van der Waals surface area contributed by atoms with Crippen LogP contribution in [0.3, 0.4) is 0 Å². The van der Waals surface area contributed by atoms with Crippen molar-refractivity contribution in [3.05, 3.63) is 57.6 Å². The Balaban J connectivity index is 2.04. The van der Waals surface area contributed by atoms with E-state index < -0.39 is 4.92 Å². The van der Waals surface area contributed by atoms with Crippen LogP contribution in [0.25, 0.3) is 0 Å². The normalized spacial score (nSPS) is 10.3. The number of carbonyl (C=O) groups excluding carboxylic acids is 1. The molecule has 0 aliphatic carbocycles. The van der Waals surface area contributed by atoms with Crippen LogP contribution in [0.5, 0.6) is 5.75 Å². The van der Waals surface area contributed by atoms with Crippen molar-refractivity contribution < 1.29 is 14.5 Å². The van der Waals surface area contributed by atoms with Crippen molar-refractivity contribution >= 4 is 29.0 Å². The SMILES string of the molecule is COc1ccc(SCC(=O)Nc2cc(C)c(C)cc2[N+](=O)[O-])cc1. The molecule has 1 amide bonds. The van der Waals surface area contributed by atoms with Crippen LogP contribution in [0.15, 0.2) is 41.3 Å². The first kappa shape index (κ1) is 17.8. The molecule has 0 saturated heterocycles. The molecule has 0 spiro atoms. The highest BCUT2D eigenvalue weighted by atomic mass is 32.2. The minimum atomic E-state index is -0.487. The highest BCUT2D eigenvalue weighted by Gasteiger charge is 2.17. The third kappa shape index (κ3) is 4.48. The lowest BCUT2D eigenvalue weighted by Gasteiger charge is -2.09. The number of nitrogens with zero attached hydrogens (tertiary/aromatic N) is 1. The lowest BCUT2D eigenvalue weighted by atomic mass is 10.1. The topological polar surface area (TPSA) is 81.5 Å². The van der Waals surface area contributed by atoms with Gasteiger partial charge in [-0.25, -0.2) is 0 Å². The fourth-order valence-electron chi connectivity index (χ4n) is 2.06. The number of anilines is 1. The van der Waals surface area contributed by atoms with Gasteiger partial charge < -0.3 is 10.1 Å². The lowest BCUT2D eigenvalue weighted by molar-refractivity contribution is -0.384. The van der Waals surface area contributed by atoms with Gasteiger partial charge in [-0.3, -0.25) is 14.9 Å². The van der Waals surface area contributed by atoms with Crippen LogP contribution in [0.1, 0.15) is 11.1 Å². The maximum Gasteiger partial charge on any atom is 0.293 e. The number of ether oxygens (including phenoxy) is 1. The Labute approximate surface area is 144 Å². The number of aryl methyl sites for hydroxylation is 2. The van der Waals surface area contributed by atoms with E-state index in [1.54, 1.807) is 20.1 Å². The number of hydrogen-bond donors (Lipinski definition) is 1. The number of methoxy groups -OCH3 is 1. The fourth-order valence-corrected chi connectivity index (χ4v) is 2.76. The van der Waals surface area contributed by atoms with Gasteiger partial charge in [0.1, 0.15) is 11.4 Å². The Kier molecular flexibility index (Phi) is 5.81. The molecule has 24 heavy (non-hydrogen) atoms. The zero-order valence-electron chi connectivity index (χ0n) is 13.7. The van der Waals surface area contributed by atoms with E-state index in [1.807, 2.05) is 31.2 Å². The van der Waals surface area contributed by atoms with E-state index in [9.17, 15) is 14.9 Å². The lowest BCUT2D eigenvalue weighted by Crippen LogP contribution is -2.15. The van der Waals surface area contributed by atoms with Crippen LogP contribution in [-0.2, 0) is 4.79 Å². The molecule has 2 aromatic rings. The molecule has 2 aromatic carbocycles. The zero-order chi connectivity index (χ0) is 17.7. The predicted octanol–water partition coefficient (Wildman–Crippen LogP) is 3.95. The second-order valence-corrected chi connectivity index (χ2v) is 6.27. The molecule has 2 rings (SSSR count). The second-order valence-electron chi connectivity index (χ2n) is 5.22. The number of thioether (sulfide) groups is 1. The third-order valence-corrected chi connectivity index (χ3v) is 4.52. The molecule has 0 radical (unpaired) electrons. The minimum absolute atomic E-state index is 0.0964. The summed E-state index contributed by atoms with van der Waals surface area (Å²) in [5.41, 5.74) is 1.83. The van der Waals surface area contributed by atoms with Gasteiger partial charge in [-0.05, 0) is 55.3 Å². The largest absolute Gasteiger partial charge is 0.497 e. The molecule has 126 valence electrons. The van der Waals surface area contributed by atoms with E-state index in [-0.39, 0.29) is 23.0 Å². The Morgan fingerprint density at radius 1 is 1.21 bits per heavy atom. The number of amides is 1. The molecule has 0 fully saturated rings. The molecule has 0 aromatic heterocycles. The van der Waals surface area contributed by atoms with Crippen LogP contribution in [0.2, 0.25) is 0 Å². The molecule has 7 heteroatoms. The molecule has 0 aliphatic rings. The Hall–Kier alpha value is -2.54. The summed E-state index contributed by atoms with van der Waals surface area (Å²) >= 11 is 1.35. The summed E-state index contributed by atoms with van der Waals surface area (Å²) in [4.78, 5) is 23.7. The monoisotopic (exact) mass is 346 g/mol. The quantitative estimate of drug-likeness (QED) is 0.486. The molecule has 0 saturated carbocycles. The first-order chi connectivity index (χ1) is 11.4. The Morgan fingerprint density at radius 3 is 2.42 bits per heavy atom. The van der Waals surface area contributed by atoms with Crippen LogP contribution in [0.4, 0.5) is 11.4 Å². The fraction of sp³-hybridized carbons (Fsp3) is 0.235. The van der Waals surface area contributed by atoms with E-state index in [2.05, 4.69) is 5.32 Å². The average molecular weight is 346 g/mol. The van der Waals surface area contributed by atoms with Crippen molar-refractivity contribution in [3.63, 3.8) is 0 Å². The van der Waals surface area contributed by atoms with Crippen molar-refractivity contribution in [3.8, 4) is 5.75 Å². The van der Waals surface area contributed by atoms with Crippen LogP contribution >= 0.6 is 11.8 Å². The number of carbonyl (C=O) groups is 1. The summed E-state index contributed by atoms with van der Waals surface area (Å²) in [6.45, 7) is 3.65. The first-order valence-corrected chi connectivity index (χ1v) is 8.21. The van der Waals surface area contributed by atoms with Crippen LogP contribution in [-0.4, -0.2) is 23.7 Å². The van der Waals surface area contributed by atoms with Gasteiger partial charge in [0.05, 0.1) is 17.8 Å². The molecular formula is C17H18N2O4S. The van der Waals surface area contributed by atoms with Crippen molar-refractivity contribution in [2.24, 2.45) is 0 Å². The number of rotatable bonds is 6.